The highest BCUT2D eigenvalue weighted by Gasteiger charge is 2.18. The SMILES string of the molecule is CCOc1cccn(CC(=O)N2CCCC2)c1=O. The standard InChI is InChI=1S/C13H18N2O3/c1-2-18-11-6-5-9-15(13(11)17)10-12(16)14-7-3-4-8-14/h5-6,9H,2-4,7-8,10H2,1H3. The van der Waals surface area contributed by atoms with Gasteiger partial charge >= 0.3 is 0 Å². The fourth-order valence-corrected chi connectivity index (χ4v) is 2.12. The molecule has 18 heavy (non-hydrogen) atoms. The molecule has 1 aliphatic rings. The zero-order valence-corrected chi connectivity index (χ0v) is 10.6. The minimum absolute atomic E-state index is 0.00301. The molecule has 1 fully saturated rings. The van der Waals surface area contributed by atoms with E-state index in [1.807, 2.05) is 6.92 Å². The monoisotopic (exact) mass is 250 g/mol. The maximum Gasteiger partial charge on any atom is 0.293 e. The summed E-state index contributed by atoms with van der Waals surface area (Å²) in [5.74, 6) is 0.303. The lowest BCUT2D eigenvalue weighted by Crippen LogP contribution is -2.34. The van der Waals surface area contributed by atoms with Crippen molar-refractivity contribution in [1.29, 1.82) is 0 Å². The first-order valence-electron chi connectivity index (χ1n) is 6.32. The molecule has 0 spiro atoms. The van der Waals surface area contributed by atoms with Crippen molar-refractivity contribution in [2.24, 2.45) is 0 Å². The molecule has 2 rings (SSSR count). The van der Waals surface area contributed by atoms with Gasteiger partial charge in [0.15, 0.2) is 5.75 Å². The largest absolute Gasteiger partial charge is 0.488 e. The number of aromatic nitrogens is 1. The van der Waals surface area contributed by atoms with Gasteiger partial charge < -0.3 is 14.2 Å². The number of amides is 1. The van der Waals surface area contributed by atoms with Crippen LogP contribution < -0.4 is 10.3 Å². The van der Waals surface area contributed by atoms with Crippen LogP contribution in [0.5, 0.6) is 5.75 Å². The summed E-state index contributed by atoms with van der Waals surface area (Å²) >= 11 is 0. The summed E-state index contributed by atoms with van der Waals surface area (Å²) < 4.78 is 6.63. The number of hydrogen-bond donors (Lipinski definition) is 0. The molecular weight excluding hydrogens is 232 g/mol. The summed E-state index contributed by atoms with van der Waals surface area (Å²) in [6, 6.07) is 3.35. The van der Waals surface area contributed by atoms with Crippen molar-refractivity contribution < 1.29 is 9.53 Å². The van der Waals surface area contributed by atoms with E-state index in [-0.39, 0.29) is 18.0 Å². The van der Waals surface area contributed by atoms with E-state index in [1.54, 1.807) is 23.2 Å². The van der Waals surface area contributed by atoms with E-state index in [4.69, 9.17) is 4.74 Å². The molecule has 0 unspecified atom stereocenters. The van der Waals surface area contributed by atoms with E-state index in [2.05, 4.69) is 0 Å². The van der Waals surface area contributed by atoms with Crippen LogP contribution in [0, 0.1) is 0 Å². The van der Waals surface area contributed by atoms with Gasteiger partial charge in [0.25, 0.3) is 5.56 Å². The number of nitrogens with zero attached hydrogens (tertiary/aromatic N) is 2. The quantitative estimate of drug-likeness (QED) is 0.796. The topological polar surface area (TPSA) is 51.5 Å². The maximum atomic E-state index is 12.0. The molecule has 0 aliphatic carbocycles. The van der Waals surface area contributed by atoms with Gasteiger partial charge in [0, 0.05) is 19.3 Å². The van der Waals surface area contributed by atoms with Crippen LogP contribution in [0.3, 0.4) is 0 Å². The van der Waals surface area contributed by atoms with Gasteiger partial charge in [0.2, 0.25) is 5.91 Å². The molecule has 2 heterocycles. The van der Waals surface area contributed by atoms with Crippen molar-refractivity contribution >= 4 is 5.91 Å². The second-order valence-electron chi connectivity index (χ2n) is 4.33. The van der Waals surface area contributed by atoms with Crippen LogP contribution in [0.4, 0.5) is 0 Å². The second-order valence-corrected chi connectivity index (χ2v) is 4.33. The average molecular weight is 250 g/mol. The highest BCUT2D eigenvalue weighted by atomic mass is 16.5. The molecule has 1 aromatic heterocycles. The van der Waals surface area contributed by atoms with Gasteiger partial charge in [-0.05, 0) is 31.9 Å². The summed E-state index contributed by atoms with van der Waals surface area (Å²) in [6.45, 7) is 3.97. The maximum absolute atomic E-state index is 12.0. The van der Waals surface area contributed by atoms with Crippen molar-refractivity contribution in [3.63, 3.8) is 0 Å². The molecule has 1 amide bonds. The molecule has 1 aromatic rings. The third kappa shape index (κ3) is 2.72. The predicted octanol–water partition coefficient (Wildman–Crippen LogP) is 0.869. The summed E-state index contributed by atoms with van der Waals surface area (Å²) in [4.78, 5) is 25.7. The molecule has 98 valence electrons. The Morgan fingerprint density at radius 3 is 2.78 bits per heavy atom. The van der Waals surface area contributed by atoms with Crippen molar-refractivity contribution in [1.82, 2.24) is 9.47 Å². The lowest BCUT2D eigenvalue weighted by atomic mass is 10.4. The van der Waals surface area contributed by atoms with Gasteiger partial charge in [-0.1, -0.05) is 0 Å². The molecule has 5 nitrogen and oxygen atoms in total. The lowest BCUT2D eigenvalue weighted by Gasteiger charge is -2.16. The van der Waals surface area contributed by atoms with Crippen LogP contribution in [-0.2, 0) is 11.3 Å². The molecule has 5 heteroatoms. The molecule has 0 N–H and O–H groups in total. The van der Waals surface area contributed by atoms with E-state index in [9.17, 15) is 9.59 Å². The molecule has 0 saturated carbocycles. The Kier molecular flexibility index (Phi) is 4.02. The molecule has 1 saturated heterocycles. The first kappa shape index (κ1) is 12.7. The van der Waals surface area contributed by atoms with Crippen molar-refractivity contribution in [3.8, 4) is 5.75 Å². The first-order valence-corrected chi connectivity index (χ1v) is 6.32. The number of likely N-dealkylation sites (tertiary alicyclic amines) is 1. The third-order valence-corrected chi connectivity index (χ3v) is 3.05. The zero-order valence-electron chi connectivity index (χ0n) is 10.6. The van der Waals surface area contributed by atoms with E-state index < -0.39 is 0 Å². The van der Waals surface area contributed by atoms with E-state index >= 15 is 0 Å². The van der Waals surface area contributed by atoms with Crippen LogP contribution >= 0.6 is 0 Å². The van der Waals surface area contributed by atoms with Gasteiger partial charge in [0.1, 0.15) is 6.54 Å². The Morgan fingerprint density at radius 1 is 1.39 bits per heavy atom. The van der Waals surface area contributed by atoms with Crippen LogP contribution in [0.25, 0.3) is 0 Å². The van der Waals surface area contributed by atoms with Gasteiger partial charge in [-0.25, -0.2) is 0 Å². The molecule has 1 aliphatic heterocycles. The Balaban J connectivity index is 2.11. The number of pyridine rings is 1. The summed E-state index contributed by atoms with van der Waals surface area (Å²) in [5, 5.41) is 0. The fourth-order valence-electron chi connectivity index (χ4n) is 2.12. The summed E-state index contributed by atoms with van der Waals surface area (Å²) in [6.07, 6.45) is 3.73. The number of rotatable bonds is 4. The van der Waals surface area contributed by atoms with Gasteiger partial charge in [-0.3, -0.25) is 9.59 Å². The summed E-state index contributed by atoms with van der Waals surface area (Å²) in [5.41, 5.74) is -0.244. The highest BCUT2D eigenvalue weighted by molar-refractivity contribution is 5.76. The van der Waals surface area contributed by atoms with Crippen molar-refractivity contribution in [2.45, 2.75) is 26.3 Å². The van der Waals surface area contributed by atoms with Crippen LogP contribution in [0.15, 0.2) is 23.1 Å². The van der Waals surface area contributed by atoms with Crippen LogP contribution in [0.2, 0.25) is 0 Å². The smallest absolute Gasteiger partial charge is 0.293 e. The zero-order chi connectivity index (χ0) is 13.0. The minimum Gasteiger partial charge on any atom is -0.488 e. The fraction of sp³-hybridized carbons (Fsp3) is 0.538. The second kappa shape index (κ2) is 5.71. The van der Waals surface area contributed by atoms with E-state index in [0.29, 0.717) is 12.4 Å². The molecule has 0 aromatic carbocycles. The Bertz CT molecular complexity index is 475. The minimum atomic E-state index is -0.244. The van der Waals surface area contributed by atoms with Gasteiger partial charge in [-0.15, -0.1) is 0 Å². The Morgan fingerprint density at radius 2 is 2.11 bits per heavy atom. The van der Waals surface area contributed by atoms with Gasteiger partial charge in [0.05, 0.1) is 6.61 Å². The normalized spacial score (nSPS) is 14.8. The Hall–Kier alpha value is -1.78. The Labute approximate surface area is 106 Å². The van der Waals surface area contributed by atoms with E-state index in [1.165, 1.54) is 4.57 Å². The number of ether oxygens (including phenoxy) is 1. The number of hydrogen-bond acceptors (Lipinski definition) is 3. The molecular formula is C13H18N2O3. The average Bonchev–Trinajstić information content (AvgIpc) is 2.88. The molecule has 0 bridgehead atoms. The highest BCUT2D eigenvalue weighted by Crippen LogP contribution is 2.08. The summed E-state index contributed by atoms with van der Waals surface area (Å²) in [7, 11) is 0. The first-order chi connectivity index (χ1) is 8.72. The molecule has 0 radical (unpaired) electrons. The van der Waals surface area contributed by atoms with Crippen LogP contribution in [-0.4, -0.2) is 35.1 Å². The number of carbonyl (C=O) groups is 1. The van der Waals surface area contributed by atoms with Crippen LogP contribution in [0.1, 0.15) is 19.8 Å². The molecule has 0 atom stereocenters. The van der Waals surface area contributed by atoms with Crippen molar-refractivity contribution in [3.05, 3.63) is 28.7 Å². The van der Waals surface area contributed by atoms with E-state index in [0.717, 1.165) is 25.9 Å². The van der Waals surface area contributed by atoms with Crippen molar-refractivity contribution in [2.75, 3.05) is 19.7 Å². The predicted molar refractivity (Wildman–Crippen MR) is 67.7 cm³/mol. The third-order valence-electron chi connectivity index (χ3n) is 3.05. The lowest BCUT2D eigenvalue weighted by molar-refractivity contribution is -0.130. The van der Waals surface area contributed by atoms with Gasteiger partial charge in [-0.2, -0.15) is 0 Å². The number of carbonyl (C=O) groups excluding carboxylic acids is 1.